The lowest BCUT2D eigenvalue weighted by atomic mass is 9.99. The molecule has 0 saturated carbocycles. The van der Waals surface area contributed by atoms with E-state index in [0.29, 0.717) is 17.7 Å². The highest BCUT2D eigenvalue weighted by molar-refractivity contribution is 5.98. The van der Waals surface area contributed by atoms with E-state index in [1.165, 1.54) is 17.7 Å². The van der Waals surface area contributed by atoms with E-state index in [0.717, 1.165) is 29.0 Å². The first-order valence-electron chi connectivity index (χ1n) is 12.0. The molecule has 0 aliphatic carbocycles. The van der Waals surface area contributed by atoms with Gasteiger partial charge in [-0.15, -0.1) is 0 Å². The number of fused-ring (bicyclic) bond motifs is 1. The molecule has 5 nitrogen and oxygen atoms in total. The highest BCUT2D eigenvalue weighted by atomic mass is 19.1. The molecule has 3 aromatic carbocycles. The van der Waals surface area contributed by atoms with Crippen LogP contribution in [0, 0.1) is 11.6 Å². The average molecular weight is 490 g/mol. The van der Waals surface area contributed by atoms with Gasteiger partial charge < -0.3 is 15.7 Å². The van der Waals surface area contributed by atoms with Crippen LogP contribution >= 0.6 is 0 Å². The summed E-state index contributed by atoms with van der Waals surface area (Å²) in [6.45, 7) is 2.81. The number of rotatable bonds is 10. The van der Waals surface area contributed by atoms with Gasteiger partial charge >= 0.3 is 0 Å². The quantitative estimate of drug-likeness (QED) is 0.305. The molecule has 0 fully saturated rings. The van der Waals surface area contributed by atoms with Crippen LogP contribution in [0.1, 0.15) is 34.0 Å². The van der Waals surface area contributed by atoms with Gasteiger partial charge in [0.15, 0.2) is 0 Å². The molecule has 0 aliphatic heterocycles. The predicted molar refractivity (Wildman–Crippen MR) is 137 cm³/mol. The lowest BCUT2D eigenvalue weighted by molar-refractivity contribution is 0.0830. The molecule has 0 saturated heterocycles. The molecule has 1 amide bonds. The van der Waals surface area contributed by atoms with Gasteiger partial charge in [-0.1, -0.05) is 37.3 Å². The van der Waals surface area contributed by atoms with Crippen molar-refractivity contribution in [3.8, 4) is 0 Å². The molecule has 0 aliphatic rings. The number of carbonyl (C=O) groups is 1. The molecule has 0 spiro atoms. The van der Waals surface area contributed by atoms with E-state index in [2.05, 4.69) is 34.7 Å². The number of aromatic nitrogens is 1. The van der Waals surface area contributed by atoms with Crippen molar-refractivity contribution in [2.24, 2.45) is 0 Å². The second-order valence-electron chi connectivity index (χ2n) is 8.84. The molecule has 0 radical (unpaired) electrons. The highest BCUT2D eigenvalue weighted by Gasteiger charge is 2.23. The Bertz CT molecular complexity index is 1320. The van der Waals surface area contributed by atoms with Crippen molar-refractivity contribution >= 4 is 16.8 Å². The fourth-order valence-electron chi connectivity index (χ4n) is 4.20. The number of amides is 1. The minimum absolute atomic E-state index is 0.0592. The van der Waals surface area contributed by atoms with Crippen molar-refractivity contribution in [3.63, 3.8) is 0 Å². The van der Waals surface area contributed by atoms with Crippen LogP contribution in [0.3, 0.4) is 0 Å². The van der Waals surface area contributed by atoms with Crippen LogP contribution in [-0.2, 0) is 19.4 Å². The standard InChI is InChI=1S/C29H29F2N3O2/c1-2-19-5-3-6-20(11-19)17-32-18-28(35)27(14-21-12-24(30)16-25(31)13-21)34-29(36)23-8-9-26-22(15-23)7-4-10-33-26/h3-13,15-16,27-28,32,35H,2,14,17-18H2,1H3,(H,34,36). The van der Waals surface area contributed by atoms with Crippen LogP contribution in [0.2, 0.25) is 0 Å². The van der Waals surface area contributed by atoms with Gasteiger partial charge in [0.25, 0.3) is 5.91 Å². The van der Waals surface area contributed by atoms with Gasteiger partial charge in [-0.25, -0.2) is 8.78 Å². The number of benzene rings is 3. The number of pyridine rings is 1. The molecule has 0 bridgehead atoms. The molecule has 36 heavy (non-hydrogen) atoms. The molecular weight excluding hydrogens is 460 g/mol. The highest BCUT2D eigenvalue weighted by Crippen LogP contribution is 2.16. The molecule has 2 atom stereocenters. The number of halogens is 2. The molecule has 4 rings (SSSR count). The maximum absolute atomic E-state index is 13.8. The predicted octanol–water partition coefficient (Wildman–Crippen LogP) is 4.57. The molecule has 1 heterocycles. The lowest BCUT2D eigenvalue weighted by Crippen LogP contribution is -2.48. The lowest BCUT2D eigenvalue weighted by Gasteiger charge is -2.25. The van der Waals surface area contributed by atoms with Crippen LogP contribution in [0.15, 0.2) is 79.0 Å². The van der Waals surface area contributed by atoms with E-state index in [4.69, 9.17) is 0 Å². The van der Waals surface area contributed by atoms with E-state index in [1.54, 1.807) is 30.5 Å². The minimum Gasteiger partial charge on any atom is -0.390 e. The Morgan fingerprint density at radius 2 is 1.72 bits per heavy atom. The van der Waals surface area contributed by atoms with Crippen LogP contribution < -0.4 is 10.6 Å². The zero-order valence-corrected chi connectivity index (χ0v) is 20.0. The number of aliphatic hydroxyl groups excluding tert-OH is 1. The van der Waals surface area contributed by atoms with E-state index in [-0.39, 0.29) is 13.0 Å². The number of carbonyl (C=O) groups excluding carboxylic acids is 1. The minimum atomic E-state index is -1.00. The van der Waals surface area contributed by atoms with Gasteiger partial charge in [0.05, 0.1) is 17.7 Å². The first-order valence-corrected chi connectivity index (χ1v) is 12.0. The van der Waals surface area contributed by atoms with Crippen molar-refractivity contribution < 1.29 is 18.7 Å². The van der Waals surface area contributed by atoms with Gasteiger partial charge in [0.2, 0.25) is 0 Å². The third kappa shape index (κ3) is 6.71. The Morgan fingerprint density at radius 1 is 0.944 bits per heavy atom. The third-order valence-electron chi connectivity index (χ3n) is 6.11. The van der Waals surface area contributed by atoms with Gasteiger partial charge in [-0.2, -0.15) is 0 Å². The fourth-order valence-corrected chi connectivity index (χ4v) is 4.20. The van der Waals surface area contributed by atoms with Gasteiger partial charge in [0, 0.05) is 36.3 Å². The van der Waals surface area contributed by atoms with Crippen molar-refractivity contribution in [3.05, 3.63) is 113 Å². The van der Waals surface area contributed by atoms with Crippen LogP contribution in [0.4, 0.5) is 8.78 Å². The van der Waals surface area contributed by atoms with Crippen molar-refractivity contribution in [1.82, 2.24) is 15.6 Å². The van der Waals surface area contributed by atoms with Gasteiger partial charge in [0.1, 0.15) is 11.6 Å². The smallest absolute Gasteiger partial charge is 0.251 e. The maximum atomic E-state index is 13.8. The number of nitrogens with zero attached hydrogens (tertiary/aromatic N) is 1. The molecule has 7 heteroatoms. The van der Waals surface area contributed by atoms with Crippen molar-refractivity contribution in [2.45, 2.75) is 38.5 Å². The van der Waals surface area contributed by atoms with E-state index >= 15 is 0 Å². The second kappa shape index (κ2) is 11.8. The number of aliphatic hydroxyl groups is 1. The summed E-state index contributed by atoms with van der Waals surface area (Å²) in [5.41, 5.74) is 3.81. The summed E-state index contributed by atoms with van der Waals surface area (Å²) >= 11 is 0. The SMILES string of the molecule is CCc1cccc(CNCC(O)C(Cc2cc(F)cc(F)c2)NC(=O)c2ccc3ncccc3c2)c1. The third-order valence-corrected chi connectivity index (χ3v) is 6.11. The topological polar surface area (TPSA) is 74.2 Å². The molecule has 1 aromatic heterocycles. The molecule has 2 unspecified atom stereocenters. The summed E-state index contributed by atoms with van der Waals surface area (Å²) in [5, 5.41) is 17.9. The summed E-state index contributed by atoms with van der Waals surface area (Å²) in [4.78, 5) is 17.3. The molecule has 4 aromatic rings. The first-order chi connectivity index (χ1) is 17.4. The molecule has 186 valence electrons. The Hall–Kier alpha value is -3.68. The summed E-state index contributed by atoms with van der Waals surface area (Å²) in [6, 6.07) is 19.4. The van der Waals surface area contributed by atoms with Crippen LogP contribution in [0.25, 0.3) is 10.9 Å². The van der Waals surface area contributed by atoms with Gasteiger partial charge in [-0.3, -0.25) is 9.78 Å². The second-order valence-corrected chi connectivity index (χ2v) is 8.84. The largest absolute Gasteiger partial charge is 0.390 e. The zero-order valence-electron chi connectivity index (χ0n) is 20.0. The Labute approximate surface area is 209 Å². The Kier molecular flexibility index (Phi) is 8.36. The number of hydrogen-bond acceptors (Lipinski definition) is 4. The fraction of sp³-hybridized carbons (Fsp3) is 0.241. The van der Waals surface area contributed by atoms with Gasteiger partial charge in [-0.05, 0) is 65.9 Å². The van der Waals surface area contributed by atoms with Crippen molar-refractivity contribution in [1.29, 1.82) is 0 Å². The number of hydrogen-bond donors (Lipinski definition) is 3. The Balaban J connectivity index is 1.48. The summed E-state index contributed by atoms with van der Waals surface area (Å²) in [6.07, 6.45) is 1.67. The zero-order chi connectivity index (χ0) is 25.5. The van der Waals surface area contributed by atoms with E-state index in [1.807, 2.05) is 18.2 Å². The summed E-state index contributed by atoms with van der Waals surface area (Å²) in [5.74, 6) is -1.81. The average Bonchev–Trinajstić information content (AvgIpc) is 2.87. The van der Waals surface area contributed by atoms with E-state index < -0.39 is 29.7 Å². The van der Waals surface area contributed by atoms with Crippen LogP contribution in [-0.4, -0.2) is 34.7 Å². The molecule has 3 N–H and O–H groups in total. The normalized spacial score (nSPS) is 12.9. The monoisotopic (exact) mass is 489 g/mol. The number of nitrogens with one attached hydrogen (secondary N) is 2. The number of aryl methyl sites for hydroxylation is 1. The van der Waals surface area contributed by atoms with E-state index in [9.17, 15) is 18.7 Å². The first kappa shape index (κ1) is 25.4. The maximum Gasteiger partial charge on any atom is 0.251 e. The molecular formula is C29H29F2N3O2. The Morgan fingerprint density at radius 3 is 2.50 bits per heavy atom. The summed E-state index contributed by atoms with van der Waals surface area (Å²) in [7, 11) is 0. The van der Waals surface area contributed by atoms with Crippen LogP contribution in [0.5, 0.6) is 0 Å². The summed E-state index contributed by atoms with van der Waals surface area (Å²) < 4.78 is 27.6. The van der Waals surface area contributed by atoms with Crippen molar-refractivity contribution in [2.75, 3.05) is 6.54 Å².